The van der Waals surface area contributed by atoms with E-state index in [-0.39, 0.29) is 16.7 Å². The molecule has 7 nitrogen and oxygen atoms in total. The van der Waals surface area contributed by atoms with Gasteiger partial charge in [0.25, 0.3) is 0 Å². The molecule has 1 aliphatic heterocycles. The van der Waals surface area contributed by atoms with E-state index in [1.54, 1.807) is 24.3 Å². The lowest BCUT2D eigenvalue weighted by atomic mass is 9.88. The number of alkyl carbamates (subject to hydrolysis) is 1. The molecule has 2 aromatic rings. The standard InChI is InChI=1S/C33H48N2O5Si/c1-32(2,3)40-31(38)34-22-24-11-9-13-27(21-24)25-17-19-35(20-18-25)30(37)16-15-26-12-10-14-29(36)28(26)23-39-41(7,8)33(4,5)6/h9-16,21,25,36H,17-20,22-23H2,1-8H3,(H,34,38). The van der Waals surface area contributed by atoms with Crippen LogP contribution in [0, 0.1) is 0 Å². The summed E-state index contributed by atoms with van der Waals surface area (Å²) in [6, 6.07) is 13.6. The van der Waals surface area contributed by atoms with Crippen LogP contribution in [0.5, 0.6) is 5.75 Å². The molecule has 2 N–H and O–H groups in total. The molecule has 2 amide bonds. The van der Waals surface area contributed by atoms with Gasteiger partial charge in [-0.15, -0.1) is 0 Å². The fraction of sp³-hybridized carbons (Fsp3) is 0.515. The highest BCUT2D eigenvalue weighted by molar-refractivity contribution is 6.74. The molecule has 0 atom stereocenters. The van der Waals surface area contributed by atoms with Crippen molar-refractivity contribution in [2.75, 3.05) is 13.1 Å². The molecular formula is C33H48N2O5Si. The maximum Gasteiger partial charge on any atom is 0.407 e. The number of carbonyl (C=O) groups excluding carboxylic acids is 2. The van der Waals surface area contributed by atoms with Crippen molar-refractivity contribution in [2.45, 2.75) is 97.2 Å². The van der Waals surface area contributed by atoms with Gasteiger partial charge >= 0.3 is 6.09 Å². The predicted molar refractivity (Wildman–Crippen MR) is 167 cm³/mol. The van der Waals surface area contributed by atoms with E-state index >= 15 is 0 Å². The zero-order valence-electron chi connectivity index (χ0n) is 26.0. The maximum absolute atomic E-state index is 13.1. The molecule has 1 heterocycles. The molecule has 8 heteroatoms. The van der Waals surface area contributed by atoms with Crippen LogP contribution in [0.1, 0.15) is 82.6 Å². The lowest BCUT2D eigenvalue weighted by Crippen LogP contribution is -2.40. The quantitative estimate of drug-likeness (QED) is 0.252. The van der Waals surface area contributed by atoms with Crippen molar-refractivity contribution in [3.8, 4) is 5.75 Å². The summed E-state index contributed by atoms with van der Waals surface area (Å²) in [6.45, 7) is 18.5. The fourth-order valence-corrected chi connectivity index (χ4v) is 5.46. The molecule has 1 saturated heterocycles. The van der Waals surface area contributed by atoms with Crippen molar-refractivity contribution < 1.29 is 23.9 Å². The number of nitrogens with one attached hydrogen (secondary N) is 1. The van der Waals surface area contributed by atoms with Gasteiger partial charge in [0.05, 0.1) is 6.61 Å². The Morgan fingerprint density at radius 2 is 1.71 bits per heavy atom. The predicted octanol–water partition coefficient (Wildman–Crippen LogP) is 7.36. The molecule has 41 heavy (non-hydrogen) atoms. The third-order valence-corrected chi connectivity index (χ3v) is 12.5. The van der Waals surface area contributed by atoms with Gasteiger partial charge in [-0.1, -0.05) is 57.2 Å². The van der Waals surface area contributed by atoms with E-state index in [2.05, 4.69) is 51.3 Å². The van der Waals surface area contributed by atoms with Crippen molar-refractivity contribution in [1.29, 1.82) is 0 Å². The Balaban J connectivity index is 1.57. The van der Waals surface area contributed by atoms with E-state index in [1.807, 2.05) is 43.9 Å². The first-order valence-corrected chi connectivity index (χ1v) is 17.4. The van der Waals surface area contributed by atoms with Gasteiger partial charge < -0.3 is 24.5 Å². The van der Waals surface area contributed by atoms with Gasteiger partial charge in [-0.25, -0.2) is 4.79 Å². The summed E-state index contributed by atoms with van der Waals surface area (Å²) in [7, 11) is -2.00. The van der Waals surface area contributed by atoms with Gasteiger partial charge in [0.2, 0.25) is 5.91 Å². The number of likely N-dealkylation sites (tertiary alicyclic amines) is 1. The molecular weight excluding hydrogens is 532 g/mol. The minimum atomic E-state index is -2.00. The molecule has 0 bridgehead atoms. The Morgan fingerprint density at radius 3 is 2.34 bits per heavy atom. The van der Waals surface area contributed by atoms with Crippen LogP contribution in [0.4, 0.5) is 4.79 Å². The lowest BCUT2D eigenvalue weighted by Gasteiger charge is -2.36. The number of phenolic OH excluding ortho intramolecular Hbond substituents is 1. The first-order valence-electron chi connectivity index (χ1n) is 14.5. The van der Waals surface area contributed by atoms with Gasteiger partial charge in [0.15, 0.2) is 8.32 Å². The summed E-state index contributed by atoms with van der Waals surface area (Å²) in [5.41, 5.74) is 3.22. The molecule has 1 aliphatic rings. The third-order valence-electron chi connectivity index (χ3n) is 8.04. The van der Waals surface area contributed by atoms with Gasteiger partial charge in [-0.05, 0) is 86.5 Å². The number of ether oxygens (including phenoxy) is 1. The molecule has 0 radical (unpaired) electrons. The molecule has 0 saturated carbocycles. The summed E-state index contributed by atoms with van der Waals surface area (Å²) in [5.74, 6) is 0.510. The Morgan fingerprint density at radius 1 is 1.05 bits per heavy atom. The Kier molecular flexibility index (Phi) is 10.5. The van der Waals surface area contributed by atoms with E-state index < -0.39 is 20.0 Å². The average Bonchev–Trinajstić information content (AvgIpc) is 2.88. The second kappa shape index (κ2) is 13.3. The summed E-state index contributed by atoms with van der Waals surface area (Å²) in [5, 5.41) is 13.4. The Labute approximate surface area is 247 Å². The highest BCUT2D eigenvalue weighted by atomic mass is 28.4. The Bertz CT molecular complexity index is 1230. The molecule has 0 aliphatic carbocycles. The highest BCUT2D eigenvalue weighted by Gasteiger charge is 2.37. The number of phenols is 1. The monoisotopic (exact) mass is 580 g/mol. The van der Waals surface area contributed by atoms with Crippen LogP contribution in [0.25, 0.3) is 6.08 Å². The van der Waals surface area contributed by atoms with Gasteiger partial charge in [-0.2, -0.15) is 0 Å². The molecule has 0 unspecified atom stereocenters. The number of aromatic hydroxyl groups is 1. The smallest absolute Gasteiger partial charge is 0.407 e. The second-order valence-electron chi connectivity index (χ2n) is 13.4. The number of rotatable bonds is 8. The number of benzene rings is 2. The van der Waals surface area contributed by atoms with Crippen LogP contribution >= 0.6 is 0 Å². The van der Waals surface area contributed by atoms with Crippen LogP contribution < -0.4 is 5.32 Å². The van der Waals surface area contributed by atoms with Crippen LogP contribution in [-0.2, 0) is 27.1 Å². The highest BCUT2D eigenvalue weighted by Crippen LogP contribution is 2.38. The van der Waals surface area contributed by atoms with E-state index in [0.29, 0.717) is 37.7 Å². The van der Waals surface area contributed by atoms with E-state index in [0.717, 1.165) is 24.0 Å². The first kappa shape index (κ1) is 32.4. The second-order valence-corrected chi connectivity index (χ2v) is 18.2. The lowest BCUT2D eigenvalue weighted by molar-refractivity contribution is -0.126. The molecule has 3 rings (SSSR count). The topological polar surface area (TPSA) is 88.1 Å². The van der Waals surface area contributed by atoms with Crippen LogP contribution in [0.2, 0.25) is 18.1 Å². The number of piperidine rings is 1. The van der Waals surface area contributed by atoms with E-state index in [9.17, 15) is 14.7 Å². The van der Waals surface area contributed by atoms with E-state index in [4.69, 9.17) is 9.16 Å². The molecule has 0 aromatic heterocycles. The number of hydrogen-bond donors (Lipinski definition) is 2. The maximum atomic E-state index is 13.1. The number of nitrogens with zero attached hydrogens (tertiary/aromatic N) is 1. The van der Waals surface area contributed by atoms with Crippen LogP contribution in [-0.4, -0.2) is 49.0 Å². The summed E-state index contributed by atoms with van der Waals surface area (Å²) in [4.78, 5) is 27.0. The normalized spacial score (nSPS) is 15.3. The van der Waals surface area contributed by atoms with Crippen molar-refractivity contribution in [1.82, 2.24) is 10.2 Å². The zero-order valence-corrected chi connectivity index (χ0v) is 27.0. The van der Waals surface area contributed by atoms with Crippen molar-refractivity contribution in [2.24, 2.45) is 0 Å². The van der Waals surface area contributed by atoms with Crippen molar-refractivity contribution in [3.05, 3.63) is 70.8 Å². The van der Waals surface area contributed by atoms with Gasteiger partial charge in [0.1, 0.15) is 11.4 Å². The Hall–Kier alpha value is -3.10. The van der Waals surface area contributed by atoms with Crippen LogP contribution in [0.15, 0.2) is 48.5 Å². The average molecular weight is 581 g/mol. The van der Waals surface area contributed by atoms with Gasteiger partial charge in [0, 0.05) is 31.3 Å². The largest absolute Gasteiger partial charge is 0.508 e. The number of carbonyl (C=O) groups is 2. The minimum absolute atomic E-state index is 0.0293. The van der Waals surface area contributed by atoms with Crippen LogP contribution in [0.3, 0.4) is 0 Å². The molecule has 224 valence electrons. The third kappa shape index (κ3) is 9.47. The molecule has 1 fully saturated rings. The minimum Gasteiger partial charge on any atom is -0.508 e. The molecule has 0 spiro atoms. The van der Waals surface area contributed by atoms with Crippen molar-refractivity contribution in [3.63, 3.8) is 0 Å². The SMILES string of the molecule is CC(C)(C)OC(=O)NCc1cccc(C2CCN(C(=O)C=Cc3cccc(O)c3CO[Si](C)(C)C(C)(C)C)CC2)c1. The summed E-state index contributed by atoms with van der Waals surface area (Å²) < 4.78 is 11.7. The first-order chi connectivity index (χ1) is 19.1. The fourth-order valence-electron chi connectivity index (χ4n) is 4.52. The summed E-state index contributed by atoms with van der Waals surface area (Å²) in [6.07, 6.45) is 4.72. The molecule has 2 aromatic carbocycles. The van der Waals surface area contributed by atoms with E-state index in [1.165, 1.54) is 5.56 Å². The number of amides is 2. The van der Waals surface area contributed by atoms with Gasteiger partial charge in [-0.3, -0.25) is 4.79 Å². The zero-order chi connectivity index (χ0) is 30.4. The summed E-state index contributed by atoms with van der Waals surface area (Å²) >= 11 is 0. The van der Waals surface area contributed by atoms with Crippen molar-refractivity contribution >= 4 is 26.4 Å². The number of hydrogen-bond acceptors (Lipinski definition) is 5.